The van der Waals surface area contributed by atoms with Crippen molar-refractivity contribution in [3.63, 3.8) is 0 Å². The molecule has 0 aliphatic heterocycles. The molecule has 1 fully saturated rings. The van der Waals surface area contributed by atoms with Crippen LogP contribution in [0.2, 0.25) is 0 Å². The molecule has 30 heavy (non-hydrogen) atoms. The van der Waals surface area contributed by atoms with Crippen LogP contribution in [0, 0.1) is 17.8 Å². The van der Waals surface area contributed by atoms with E-state index in [9.17, 15) is 14.7 Å². The lowest BCUT2D eigenvalue weighted by atomic mass is 9.81. The van der Waals surface area contributed by atoms with Crippen molar-refractivity contribution in [2.75, 3.05) is 6.54 Å². The molecule has 0 aromatic heterocycles. The zero-order chi connectivity index (χ0) is 22.7. The molecule has 0 aromatic carbocycles. The van der Waals surface area contributed by atoms with Crippen molar-refractivity contribution in [3.05, 3.63) is 0 Å². The summed E-state index contributed by atoms with van der Waals surface area (Å²) in [6, 6.07) is -0.410. The number of aliphatic hydroxyl groups excluding tert-OH is 1. The highest BCUT2D eigenvalue weighted by atomic mass is 16.6. The first kappa shape index (κ1) is 26.7. The lowest BCUT2D eigenvalue weighted by Crippen LogP contribution is -2.48. The number of nitrogens with one attached hydrogen (secondary N) is 2. The Balaban J connectivity index is 2.82. The molecule has 3 atom stereocenters. The number of ether oxygens (including phenoxy) is 1. The van der Waals surface area contributed by atoms with E-state index in [1.165, 1.54) is 19.3 Å². The summed E-state index contributed by atoms with van der Waals surface area (Å²) in [5, 5.41) is 17.0. The highest BCUT2D eigenvalue weighted by Gasteiger charge is 2.32. The lowest BCUT2D eigenvalue weighted by molar-refractivity contribution is -0.127. The van der Waals surface area contributed by atoms with Gasteiger partial charge < -0.3 is 20.5 Å². The monoisotopic (exact) mass is 426 g/mol. The van der Waals surface area contributed by atoms with E-state index < -0.39 is 23.8 Å². The topological polar surface area (TPSA) is 87.7 Å². The highest BCUT2D eigenvalue weighted by Crippen LogP contribution is 2.29. The van der Waals surface area contributed by atoms with Crippen molar-refractivity contribution in [2.24, 2.45) is 17.8 Å². The van der Waals surface area contributed by atoms with Gasteiger partial charge in [0.25, 0.3) is 0 Å². The van der Waals surface area contributed by atoms with Gasteiger partial charge in [-0.3, -0.25) is 4.79 Å². The highest BCUT2D eigenvalue weighted by molar-refractivity contribution is 5.78. The van der Waals surface area contributed by atoms with Gasteiger partial charge in [-0.05, 0) is 51.9 Å². The number of hydrogen-bond acceptors (Lipinski definition) is 4. The molecule has 1 rings (SSSR count). The number of aliphatic hydroxyl groups is 1. The van der Waals surface area contributed by atoms with Crippen molar-refractivity contribution in [3.8, 4) is 0 Å². The Hall–Kier alpha value is -1.30. The van der Waals surface area contributed by atoms with Crippen molar-refractivity contribution < 1.29 is 19.4 Å². The van der Waals surface area contributed by atoms with Gasteiger partial charge in [-0.25, -0.2) is 4.79 Å². The van der Waals surface area contributed by atoms with Gasteiger partial charge >= 0.3 is 6.09 Å². The van der Waals surface area contributed by atoms with Gasteiger partial charge in [0.1, 0.15) is 5.60 Å². The minimum absolute atomic E-state index is 0.00816. The molecule has 0 unspecified atom stereocenters. The summed E-state index contributed by atoms with van der Waals surface area (Å²) in [6.45, 7) is 12.3. The Kier molecular flexibility index (Phi) is 11.7. The molecule has 6 nitrogen and oxygen atoms in total. The minimum Gasteiger partial charge on any atom is -0.444 e. The predicted molar refractivity (Wildman–Crippen MR) is 121 cm³/mol. The summed E-state index contributed by atoms with van der Waals surface area (Å²) in [5.74, 6) is 0.305. The molecule has 1 saturated carbocycles. The summed E-state index contributed by atoms with van der Waals surface area (Å²) >= 11 is 0. The van der Waals surface area contributed by atoms with Crippen LogP contribution >= 0.6 is 0 Å². The number of rotatable bonds is 11. The van der Waals surface area contributed by atoms with E-state index in [-0.39, 0.29) is 17.7 Å². The quantitative estimate of drug-likeness (QED) is 0.415. The summed E-state index contributed by atoms with van der Waals surface area (Å²) in [7, 11) is 0. The van der Waals surface area contributed by atoms with Crippen LogP contribution in [-0.2, 0) is 9.53 Å². The van der Waals surface area contributed by atoms with Crippen LogP contribution in [0.5, 0.6) is 0 Å². The van der Waals surface area contributed by atoms with Gasteiger partial charge in [0, 0.05) is 12.5 Å². The molecule has 6 heteroatoms. The number of unbranched alkanes of at least 4 members (excludes halogenated alkanes) is 1. The van der Waals surface area contributed by atoms with Gasteiger partial charge in [-0.1, -0.05) is 59.3 Å². The molecule has 2 amide bonds. The third-order valence-corrected chi connectivity index (χ3v) is 5.95. The Morgan fingerprint density at radius 3 is 2.30 bits per heavy atom. The fraction of sp³-hybridized carbons (Fsp3) is 0.917. The van der Waals surface area contributed by atoms with Gasteiger partial charge in [0.15, 0.2) is 0 Å². The van der Waals surface area contributed by atoms with E-state index >= 15 is 0 Å². The van der Waals surface area contributed by atoms with Crippen LogP contribution in [0.3, 0.4) is 0 Å². The van der Waals surface area contributed by atoms with Gasteiger partial charge in [-0.15, -0.1) is 0 Å². The van der Waals surface area contributed by atoms with Crippen molar-refractivity contribution in [2.45, 2.75) is 117 Å². The number of carbonyl (C=O) groups excluding carboxylic acids is 2. The van der Waals surface area contributed by atoms with E-state index in [1.807, 2.05) is 34.6 Å². The molecule has 0 bridgehead atoms. The average Bonchev–Trinajstić information content (AvgIpc) is 2.64. The standard InChI is InChI=1S/C24H46N2O4/c1-7-8-14-25-22(28)19(17(2)3)16-21(27)20(15-18-12-10-9-11-13-18)26-23(29)30-24(4,5)6/h17-21,27H,7-16H2,1-6H3,(H,25,28)(H,26,29)/t19-,20-,21-/m0/s1. The van der Waals surface area contributed by atoms with Gasteiger partial charge in [0.05, 0.1) is 12.1 Å². The first-order valence-corrected chi connectivity index (χ1v) is 12.0. The van der Waals surface area contributed by atoms with E-state index in [4.69, 9.17) is 4.74 Å². The maximum Gasteiger partial charge on any atom is 0.407 e. The molecular formula is C24H46N2O4. The van der Waals surface area contributed by atoms with E-state index in [0.29, 0.717) is 18.9 Å². The molecule has 1 aliphatic carbocycles. The summed E-state index contributed by atoms with van der Waals surface area (Å²) < 4.78 is 5.43. The van der Waals surface area contributed by atoms with Crippen LogP contribution in [0.1, 0.15) is 99.3 Å². The lowest BCUT2D eigenvalue weighted by Gasteiger charge is -2.33. The SMILES string of the molecule is CCCCNC(=O)[C@@H](C[C@H](O)[C@H](CC1CCCCC1)NC(=O)OC(C)(C)C)C(C)C. The molecule has 176 valence electrons. The van der Waals surface area contributed by atoms with E-state index in [0.717, 1.165) is 32.1 Å². The minimum atomic E-state index is -0.788. The Morgan fingerprint density at radius 2 is 1.77 bits per heavy atom. The molecule has 1 aliphatic rings. The normalized spacial score (nSPS) is 18.5. The van der Waals surface area contributed by atoms with Crippen LogP contribution in [-0.4, -0.2) is 41.4 Å². The summed E-state index contributed by atoms with van der Waals surface area (Å²) in [5.41, 5.74) is -0.593. The van der Waals surface area contributed by atoms with Gasteiger partial charge in [0.2, 0.25) is 5.91 Å². The molecule has 0 radical (unpaired) electrons. The fourth-order valence-corrected chi connectivity index (χ4v) is 4.18. The second kappa shape index (κ2) is 13.2. The van der Waals surface area contributed by atoms with Crippen molar-refractivity contribution in [1.82, 2.24) is 10.6 Å². The Labute approximate surface area is 183 Å². The third-order valence-electron chi connectivity index (χ3n) is 5.95. The zero-order valence-corrected chi connectivity index (χ0v) is 20.1. The Bertz CT molecular complexity index is 510. The average molecular weight is 427 g/mol. The summed E-state index contributed by atoms with van der Waals surface area (Å²) in [4.78, 5) is 25.1. The molecular weight excluding hydrogens is 380 g/mol. The molecule has 0 heterocycles. The van der Waals surface area contributed by atoms with Crippen molar-refractivity contribution in [1.29, 1.82) is 0 Å². The Morgan fingerprint density at radius 1 is 1.13 bits per heavy atom. The molecule has 0 aromatic rings. The van der Waals surface area contributed by atoms with Crippen LogP contribution in [0.25, 0.3) is 0 Å². The van der Waals surface area contributed by atoms with Crippen LogP contribution < -0.4 is 10.6 Å². The number of carbonyl (C=O) groups is 2. The number of hydrogen-bond donors (Lipinski definition) is 3. The largest absolute Gasteiger partial charge is 0.444 e. The van der Waals surface area contributed by atoms with E-state index in [1.54, 1.807) is 0 Å². The number of alkyl carbamates (subject to hydrolysis) is 1. The second-order valence-corrected chi connectivity index (χ2v) is 10.3. The van der Waals surface area contributed by atoms with Gasteiger partial charge in [-0.2, -0.15) is 0 Å². The van der Waals surface area contributed by atoms with Crippen LogP contribution in [0.4, 0.5) is 4.79 Å². The summed E-state index contributed by atoms with van der Waals surface area (Å²) in [6.07, 6.45) is 7.67. The first-order chi connectivity index (χ1) is 14.0. The fourth-order valence-electron chi connectivity index (χ4n) is 4.18. The molecule has 3 N–H and O–H groups in total. The maximum atomic E-state index is 12.7. The predicted octanol–water partition coefficient (Wildman–Crippen LogP) is 4.79. The molecule has 0 spiro atoms. The van der Waals surface area contributed by atoms with Crippen molar-refractivity contribution >= 4 is 12.0 Å². The molecule has 0 saturated heterocycles. The number of amides is 2. The first-order valence-electron chi connectivity index (χ1n) is 12.0. The third kappa shape index (κ3) is 10.6. The zero-order valence-electron chi connectivity index (χ0n) is 20.1. The smallest absolute Gasteiger partial charge is 0.407 e. The second-order valence-electron chi connectivity index (χ2n) is 10.3. The van der Waals surface area contributed by atoms with Crippen LogP contribution in [0.15, 0.2) is 0 Å². The maximum absolute atomic E-state index is 12.7. The van der Waals surface area contributed by atoms with E-state index in [2.05, 4.69) is 17.6 Å².